The van der Waals surface area contributed by atoms with E-state index in [1.807, 2.05) is 12.4 Å². The lowest BCUT2D eigenvalue weighted by molar-refractivity contribution is 0.165. The monoisotopic (exact) mass is 266 g/mol. The molecular weight excluding hydrogens is 252 g/mol. The van der Waals surface area contributed by atoms with Gasteiger partial charge in [0.05, 0.1) is 11.9 Å². The van der Waals surface area contributed by atoms with E-state index in [1.54, 1.807) is 0 Å². The van der Waals surface area contributed by atoms with Gasteiger partial charge in [0.15, 0.2) is 0 Å². The minimum Gasteiger partial charge on any atom is -0.370 e. The van der Waals surface area contributed by atoms with Gasteiger partial charge in [0.2, 0.25) is 0 Å². The highest BCUT2D eigenvalue weighted by molar-refractivity contribution is 9.10. The molecule has 3 rings (SSSR count). The lowest BCUT2D eigenvalue weighted by atomic mass is 9.68. The molecule has 0 amide bonds. The predicted octanol–water partition coefficient (Wildman–Crippen LogP) is 3.22. The Bertz CT molecular complexity index is 374. The maximum atomic E-state index is 4.23. The third-order valence-electron chi connectivity index (χ3n) is 3.91. The summed E-state index contributed by atoms with van der Waals surface area (Å²) in [7, 11) is 0. The van der Waals surface area contributed by atoms with Gasteiger partial charge in [0.1, 0.15) is 0 Å². The summed E-state index contributed by atoms with van der Waals surface area (Å²) in [6.45, 7) is 2.45. The van der Waals surface area contributed by atoms with Gasteiger partial charge >= 0.3 is 0 Å². The Morgan fingerprint density at radius 1 is 1.27 bits per heavy atom. The van der Waals surface area contributed by atoms with Gasteiger partial charge in [-0.1, -0.05) is 6.42 Å². The van der Waals surface area contributed by atoms with Crippen LogP contribution in [0.25, 0.3) is 0 Å². The van der Waals surface area contributed by atoms with Crippen LogP contribution in [0.4, 0.5) is 5.69 Å². The van der Waals surface area contributed by atoms with Crippen LogP contribution in [0.15, 0.2) is 22.9 Å². The average molecular weight is 267 g/mol. The molecule has 2 heterocycles. The molecule has 1 aliphatic heterocycles. The van der Waals surface area contributed by atoms with Gasteiger partial charge in [0, 0.05) is 23.8 Å². The molecule has 2 nitrogen and oxygen atoms in total. The highest BCUT2D eigenvalue weighted by Gasteiger charge is 2.42. The maximum Gasteiger partial charge on any atom is 0.0564 e. The van der Waals surface area contributed by atoms with Crippen LogP contribution in [0.2, 0.25) is 0 Å². The Labute approximate surface area is 98.8 Å². The van der Waals surface area contributed by atoms with Crippen LogP contribution < -0.4 is 4.90 Å². The fraction of sp³-hybridized carbons (Fsp3) is 0.583. The summed E-state index contributed by atoms with van der Waals surface area (Å²) in [4.78, 5) is 6.71. The van der Waals surface area contributed by atoms with Crippen LogP contribution in [-0.4, -0.2) is 18.1 Å². The predicted molar refractivity (Wildman–Crippen MR) is 65.1 cm³/mol. The van der Waals surface area contributed by atoms with E-state index in [-0.39, 0.29) is 0 Å². The van der Waals surface area contributed by atoms with Gasteiger partial charge in [-0.15, -0.1) is 0 Å². The molecule has 80 valence electrons. The zero-order valence-electron chi connectivity index (χ0n) is 8.75. The number of pyridine rings is 1. The number of nitrogens with zero attached hydrogens (tertiary/aromatic N) is 2. The van der Waals surface area contributed by atoms with Crippen molar-refractivity contribution in [1.82, 2.24) is 4.98 Å². The van der Waals surface area contributed by atoms with Crippen molar-refractivity contribution < 1.29 is 0 Å². The van der Waals surface area contributed by atoms with E-state index >= 15 is 0 Å². The largest absolute Gasteiger partial charge is 0.370 e. The molecule has 1 aliphatic carbocycles. The van der Waals surface area contributed by atoms with E-state index in [4.69, 9.17) is 0 Å². The van der Waals surface area contributed by atoms with Crippen LogP contribution in [0.1, 0.15) is 25.7 Å². The van der Waals surface area contributed by atoms with Gasteiger partial charge in [-0.05, 0) is 46.7 Å². The van der Waals surface area contributed by atoms with E-state index in [9.17, 15) is 0 Å². The molecule has 3 heteroatoms. The molecule has 1 saturated carbocycles. The molecule has 1 aromatic heterocycles. The first-order chi connectivity index (χ1) is 7.27. The minimum atomic E-state index is 0.669. The van der Waals surface area contributed by atoms with E-state index in [0.29, 0.717) is 5.41 Å². The number of hydrogen-bond acceptors (Lipinski definition) is 2. The van der Waals surface area contributed by atoms with Crippen LogP contribution in [-0.2, 0) is 0 Å². The normalized spacial score (nSPS) is 23.1. The van der Waals surface area contributed by atoms with E-state index in [1.165, 1.54) is 44.5 Å². The molecule has 0 radical (unpaired) electrons. The van der Waals surface area contributed by atoms with Crippen LogP contribution in [0, 0.1) is 5.41 Å². The van der Waals surface area contributed by atoms with E-state index in [2.05, 4.69) is 31.9 Å². The molecule has 2 fully saturated rings. The van der Waals surface area contributed by atoms with Crippen LogP contribution >= 0.6 is 15.9 Å². The summed E-state index contributed by atoms with van der Waals surface area (Å²) in [6, 6.07) is 2.17. The standard InChI is InChI=1S/C12H15BrN2/c13-10-6-11(8-14-7-10)15-5-4-12(9-15)2-1-3-12/h6-8H,1-5,9H2. The second-order valence-electron chi connectivity index (χ2n) is 4.89. The third-order valence-corrected chi connectivity index (χ3v) is 4.34. The molecule has 1 saturated heterocycles. The summed E-state index contributed by atoms with van der Waals surface area (Å²) >= 11 is 3.48. The minimum absolute atomic E-state index is 0.669. The zero-order chi connectivity index (χ0) is 10.3. The lowest BCUT2D eigenvalue weighted by Gasteiger charge is -2.38. The second-order valence-corrected chi connectivity index (χ2v) is 5.80. The molecule has 1 spiro atoms. The molecule has 0 unspecified atom stereocenters. The number of anilines is 1. The van der Waals surface area contributed by atoms with Crippen LogP contribution in [0.5, 0.6) is 0 Å². The van der Waals surface area contributed by atoms with Crippen molar-refractivity contribution >= 4 is 21.6 Å². The number of rotatable bonds is 1. The van der Waals surface area contributed by atoms with Crippen molar-refractivity contribution in [2.75, 3.05) is 18.0 Å². The van der Waals surface area contributed by atoms with Crippen molar-refractivity contribution in [3.8, 4) is 0 Å². The Morgan fingerprint density at radius 2 is 2.13 bits per heavy atom. The smallest absolute Gasteiger partial charge is 0.0564 e. The topological polar surface area (TPSA) is 16.1 Å². The second kappa shape index (κ2) is 3.48. The van der Waals surface area contributed by atoms with Crippen molar-refractivity contribution in [3.05, 3.63) is 22.9 Å². The highest BCUT2D eigenvalue weighted by Crippen LogP contribution is 2.48. The SMILES string of the molecule is Brc1cncc(N2CCC3(CCC3)C2)c1. The van der Waals surface area contributed by atoms with Crippen molar-refractivity contribution in [2.45, 2.75) is 25.7 Å². The highest BCUT2D eigenvalue weighted by atomic mass is 79.9. The summed E-state index contributed by atoms with van der Waals surface area (Å²) in [5.74, 6) is 0. The lowest BCUT2D eigenvalue weighted by Crippen LogP contribution is -2.33. The van der Waals surface area contributed by atoms with Gasteiger partial charge < -0.3 is 4.90 Å². The summed E-state index contributed by atoms with van der Waals surface area (Å²) < 4.78 is 1.08. The van der Waals surface area contributed by atoms with Gasteiger partial charge in [0.25, 0.3) is 0 Å². The average Bonchev–Trinajstić information content (AvgIpc) is 2.62. The molecular formula is C12H15BrN2. The Kier molecular flexibility index (Phi) is 2.23. The molecule has 0 N–H and O–H groups in total. The molecule has 0 aromatic carbocycles. The molecule has 2 aliphatic rings. The maximum absolute atomic E-state index is 4.23. The molecule has 0 bridgehead atoms. The summed E-state index contributed by atoms with van der Waals surface area (Å²) in [6.07, 6.45) is 9.50. The first-order valence-electron chi connectivity index (χ1n) is 5.63. The Hall–Kier alpha value is -0.570. The van der Waals surface area contributed by atoms with E-state index < -0.39 is 0 Å². The molecule has 15 heavy (non-hydrogen) atoms. The first kappa shape index (κ1) is 9.64. The van der Waals surface area contributed by atoms with Crippen molar-refractivity contribution in [1.29, 1.82) is 0 Å². The first-order valence-corrected chi connectivity index (χ1v) is 6.42. The van der Waals surface area contributed by atoms with Crippen molar-refractivity contribution in [3.63, 3.8) is 0 Å². The fourth-order valence-corrected chi connectivity index (χ4v) is 3.17. The summed E-state index contributed by atoms with van der Waals surface area (Å²) in [5.41, 5.74) is 1.94. The number of aromatic nitrogens is 1. The van der Waals surface area contributed by atoms with E-state index in [0.717, 1.165) is 4.47 Å². The van der Waals surface area contributed by atoms with Gasteiger partial charge in [-0.2, -0.15) is 0 Å². The quantitative estimate of drug-likeness (QED) is 0.776. The third kappa shape index (κ3) is 1.67. The Morgan fingerprint density at radius 3 is 2.73 bits per heavy atom. The zero-order valence-corrected chi connectivity index (χ0v) is 10.3. The van der Waals surface area contributed by atoms with Crippen molar-refractivity contribution in [2.24, 2.45) is 5.41 Å². The Balaban J connectivity index is 1.79. The fourth-order valence-electron chi connectivity index (χ4n) is 2.81. The molecule has 0 atom stereocenters. The number of halogens is 1. The number of hydrogen-bond donors (Lipinski definition) is 0. The summed E-state index contributed by atoms with van der Waals surface area (Å²) in [5, 5.41) is 0. The van der Waals surface area contributed by atoms with Gasteiger partial charge in [-0.25, -0.2) is 0 Å². The van der Waals surface area contributed by atoms with Crippen LogP contribution in [0.3, 0.4) is 0 Å². The van der Waals surface area contributed by atoms with Gasteiger partial charge in [-0.3, -0.25) is 4.98 Å². The molecule has 1 aromatic rings.